The number of hydrogen-bond acceptors (Lipinski definition) is 3. The quantitative estimate of drug-likeness (QED) is 0.892. The standard InChI is InChI=1S/C15H23ClN2O/c1-2-14(17)15(11-4-3-5-12(16)10-11)18-8-6-13(19)7-9-18/h3-5,10,13-15,19H,2,6-9,17H2,1H3. The Bertz CT molecular complexity index is 405. The molecule has 1 aliphatic rings. The van der Waals surface area contributed by atoms with Gasteiger partial charge in [-0.2, -0.15) is 0 Å². The van der Waals surface area contributed by atoms with Crippen molar-refractivity contribution in [1.82, 2.24) is 4.90 Å². The molecule has 0 amide bonds. The van der Waals surface area contributed by atoms with Crippen molar-refractivity contribution in [2.45, 2.75) is 44.4 Å². The van der Waals surface area contributed by atoms with Crippen LogP contribution in [0.3, 0.4) is 0 Å². The summed E-state index contributed by atoms with van der Waals surface area (Å²) in [7, 11) is 0. The highest BCUT2D eigenvalue weighted by Gasteiger charge is 2.28. The van der Waals surface area contributed by atoms with Gasteiger partial charge in [-0.1, -0.05) is 30.7 Å². The largest absolute Gasteiger partial charge is 0.393 e. The first-order valence-electron chi connectivity index (χ1n) is 7.05. The number of piperidine rings is 1. The zero-order chi connectivity index (χ0) is 13.8. The molecule has 1 aliphatic heterocycles. The summed E-state index contributed by atoms with van der Waals surface area (Å²) in [5.41, 5.74) is 7.50. The Labute approximate surface area is 120 Å². The maximum Gasteiger partial charge on any atom is 0.0564 e. The molecule has 3 nitrogen and oxygen atoms in total. The van der Waals surface area contributed by atoms with Crippen LogP contribution in [0.5, 0.6) is 0 Å². The molecule has 1 aromatic rings. The molecule has 106 valence electrons. The van der Waals surface area contributed by atoms with Gasteiger partial charge in [0.1, 0.15) is 0 Å². The minimum Gasteiger partial charge on any atom is -0.393 e. The van der Waals surface area contributed by atoms with Gasteiger partial charge in [-0.25, -0.2) is 0 Å². The highest BCUT2D eigenvalue weighted by Crippen LogP contribution is 2.29. The molecule has 0 spiro atoms. The second kappa shape index (κ2) is 6.71. The van der Waals surface area contributed by atoms with E-state index >= 15 is 0 Å². The Hall–Kier alpha value is -0.610. The maximum absolute atomic E-state index is 9.64. The smallest absolute Gasteiger partial charge is 0.0564 e. The summed E-state index contributed by atoms with van der Waals surface area (Å²) >= 11 is 6.10. The van der Waals surface area contributed by atoms with Crippen LogP contribution in [0.1, 0.15) is 37.8 Å². The summed E-state index contributed by atoms with van der Waals surface area (Å²) in [5, 5.41) is 10.4. The fourth-order valence-corrected chi connectivity index (χ4v) is 3.01. The van der Waals surface area contributed by atoms with Gasteiger partial charge in [0.25, 0.3) is 0 Å². The highest BCUT2D eigenvalue weighted by molar-refractivity contribution is 6.30. The molecule has 0 saturated carbocycles. The monoisotopic (exact) mass is 282 g/mol. The minimum atomic E-state index is -0.158. The molecule has 2 rings (SSSR count). The van der Waals surface area contributed by atoms with Gasteiger partial charge in [0, 0.05) is 30.2 Å². The zero-order valence-corrected chi connectivity index (χ0v) is 12.2. The summed E-state index contributed by atoms with van der Waals surface area (Å²) < 4.78 is 0. The number of aliphatic hydroxyl groups excluding tert-OH is 1. The first-order valence-corrected chi connectivity index (χ1v) is 7.42. The molecule has 19 heavy (non-hydrogen) atoms. The van der Waals surface area contributed by atoms with Crippen LogP contribution in [0, 0.1) is 0 Å². The number of halogens is 1. The van der Waals surface area contributed by atoms with Crippen LogP contribution in [0.4, 0.5) is 0 Å². The van der Waals surface area contributed by atoms with Gasteiger partial charge in [-0.15, -0.1) is 0 Å². The van der Waals surface area contributed by atoms with Crippen molar-refractivity contribution in [1.29, 1.82) is 0 Å². The summed E-state index contributed by atoms with van der Waals surface area (Å²) in [4.78, 5) is 2.38. The lowest BCUT2D eigenvalue weighted by Gasteiger charge is -2.39. The highest BCUT2D eigenvalue weighted by atomic mass is 35.5. The number of rotatable bonds is 4. The van der Waals surface area contributed by atoms with Crippen LogP contribution < -0.4 is 5.73 Å². The van der Waals surface area contributed by atoms with Gasteiger partial charge in [-0.05, 0) is 37.0 Å². The van der Waals surface area contributed by atoms with Gasteiger partial charge >= 0.3 is 0 Å². The predicted molar refractivity (Wildman–Crippen MR) is 79.3 cm³/mol. The maximum atomic E-state index is 9.64. The van der Waals surface area contributed by atoms with Gasteiger partial charge in [0.15, 0.2) is 0 Å². The predicted octanol–water partition coefficient (Wildman–Crippen LogP) is 2.58. The molecule has 1 saturated heterocycles. The van der Waals surface area contributed by atoms with Gasteiger partial charge < -0.3 is 10.8 Å². The van der Waals surface area contributed by atoms with Crippen molar-refractivity contribution in [3.8, 4) is 0 Å². The van der Waals surface area contributed by atoms with Crippen LogP contribution >= 0.6 is 11.6 Å². The second-order valence-corrected chi connectivity index (χ2v) is 5.78. The third-order valence-electron chi connectivity index (χ3n) is 3.96. The third kappa shape index (κ3) is 3.69. The zero-order valence-electron chi connectivity index (χ0n) is 11.4. The molecule has 1 aromatic carbocycles. The van der Waals surface area contributed by atoms with E-state index in [0.717, 1.165) is 37.4 Å². The lowest BCUT2D eigenvalue weighted by Crippen LogP contribution is -2.45. The minimum absolute atomic E-state index is 0.0914. The molecule has 0 aromatic heterocycles. The first-order chi connectivity index (χ1) is 9.11. The average molecular weight is 283 g/mol. The van der Waals surface area contributed by atoms with Crippen molar-refractivity contribution in [2.24, 2.45) is 5.73 Å². The normalized spacial score (nSPS) is 21.3. The summed E-state index contributed by atoms with van der Waals surface area (Å²) in [5.74, 6) is 0. The number of benzene rings is 1. The van der Waals surface area contributed by atoms with E-state index in [4.69, 9.17) is 17.3 Å². The fraction of sp³-hybridized carbons (Fsp3) is 0.600. The Balaban J connectivity index is 2.21. The number of likely N-dealkylation sites (tertiary alicyclic amines) is 1. The van der Waals surface area contributed by atoms with Gasteiger partial charge in [0.05, 0.1) is 6.10 Å². The van der Waals surface area contributed by atoms with E-state index in [0.29, 0.717) is 0 Å². The molecule has 0 bridgehead atoms. The van der Waals surface area contributed by atoms with Crippen LogP contribution in [0.15, 0.2) is 24.3 Å². The van der Waals surface area contributed by atoms with Crippen LogP contribution in [-0.4, -0.2) is 35.2 Å². The molecule has 3 N–H and O–H groups in total. The summed E-state index contributed by atoms with van der Waals surface area (Å²) in [6.45, 7) is 3.90. The van der Waals surface area contributed by atoms with E-state index in [1.807, 2.05) is 18.2 Å². The molecular formula is C15H23ClN2O. The lowest BCUT2D eigenvalue weighted by atomic mass is 9.94. The second-order valence-electron chi connectivity index (χ2n) is 5.34. The van der Waals surface area contributed by atoms with Gasteiger partial charge in [-0.3, -0.25) is 4.90 Å². The van der Waals surface area contributed by atoms with E-state index < -0.39 is 0 Å². The van der Waals surface area contributed by atoms with Crippen LogP contribution in [-0.2, 0) is 0 Å². The molecule has 4 heteroatoms. The molecule has 0 aliphatic carbocycles. The van der Waals surface area contributed by atoms with Crippen molar-refractivity contribution < 1.29 is 5.11 Å². The van der Waals surface area contributed by atoms with E-state index in [-0.39, 0.29) is 18.2 Å². The number of nitrogens with two attached hydrogens (primary N) is 1. The summed E-state index contributed by atoms with van der Waals surface area (Å²) in [6, 6.07) is 8.25. The van der Waals surface area contributed by atoms with Crippen LogP contribution in [0.25, 0.3) is 0 Å². The summed E-state index contributed by atoms with van der Waals surface area (Å²) in [6.07, 6.45) is 2.42. The topological polar surface area (TPSA) is 49.5 Å². The van der Waals surface area contributed by atoms with Crippen molar-refractivity contribution in [3.63, 3.8) is 0 Å². The van der Waals surface area contributed by atoms with E-state index in [9.17, 15) is 5.11 Å². The number of nitrogens with zero attached hydrogens (tertiary/aromatic N) is 1. The number of hydrogen-bond donors (Lipinski definition) is 2. The fourth-order valence-electron chi connectivity index (χ4n) is 2.81. The molecule has 1 fully saturated rings. The van der Waals surface area contributed by atoms with Crippen molar-refractivity contribution in [2.75, 3.05) is 13.1 Å². The lowest BCUT2D eigenvalue weighted by molar-refractivity contribution is 0.0529. The molecule has 2 atom stereocenters. The third-order valence-corrected chi connectivity index (χ3v) is 4.19. The Morgan fingerprint density at radius 3 is 2.68 bits per heavy atom. The van der Waals surface area contributed by atoms with E-state index in [2.05, 4.69) is 17.9 Å². The Morgan fingerprint density at radius 1 is 1.42 bits per heavy atom. The Morgan fingerprint density at radius 2 is 2.11 bits per heavy atom. The van der Waals surface area contributed by atoms with Crippen molar-refractivity contribution >= 4 is 11.6 Å². The van der Waals surface area contributed by atoms with E-state index in [1.54, 1.807) is 0 Å². The van der Waals surface area contributed by atoms with Crippen LogP contribution in [0.2, 0.25) is 5.02 Å². The SMILES string of the molecule is CCC(N)C(c1cccc(Cl)c1)N1CCC(O)CC1. The van der Waals surface area contributed by atoms with E-state index in [1.165, 1.54) is 5.56 Å². The molecular weight excluding hydrogens is 260 g/mol. The molecule has 2 unspecified atom stereocenters. The molecule has 1 heterocycles. The molecule has 0 radical (unpaired) electrons. The van der Waals surface area contributed by atoms with Crippen molar-refractivity contribution in [3.05, 3.63) is 34.9 Å². The number of aliphatic hydroxyl groups is 1. The first kappa shape index (κ1) is 14.8. The van der Waals surface area contributed by atoms with Gasteiger partial charge in [0.2, 0.25) is 0 Å². The Kier molecular flexibility index (Phi) is 5.22. The average Bonchev–Trinajstić information content (AvgIpc) is 2.41.